The zero-order chi connectivity index (χ0) is 14.7. The van der Waals surface area contributed by atoms with E-state index in [0.717, 1.165) is 5.69 Å². The molecule has 5 heteroatoms. The maximum Gasteiger partial charge on any atom is 0.255 e. The predicted molar refractivity (Wildman–Crippen MR) is 82.4 cm³/mol. The Hall–Kier alpha value is -3.08. The molecular formula is C16H14N4O. The Balaban J connectivity index is 1.82. The van der Waals surface area contributed by atoms with Crippen molar-refractivity contribution in [3.8, 4) is 5.69 Å². The molecule has 2 aromatic carbocycles. The molecule has 21 heavy (non-hydrogen) atoms. The van der Waals surface area contributed by atoms with Crippen molar-refractivity contribution in [2.45, 2.75) is 0 Å². The Labute approximate surface area is 122 Å². The summed E-state index contributed by atoms with van der Waals surface area (Å²) in [5.74, 6) is -0.195. The van der Waals surface area contributed by atoms with Crippen LogP contribution in [0.5, 0.6) is 0 Å². The number of nitrogens with one attached hydrogen (secondary N) is 1. The molecule has 0 radical (unpaired) electrons. The molecule has 5 nitrogen and oxygen atoms in total. The van der Waals surface area contributed by atoms with Gasteiger partial charge in [-0.05, 0) is 42.5 Å². The van der Waals surface area contributed by atoms with Gasteiger partial charge in [0.05, 0.1) is 5.69 Å². The first-order valence-corrected chi connectivity index (χ1v) is 6.49. The van der Waals surface area contributed by atoms with Crippen LogP contribution in [-0.2, 0) is 0 Å². The highest BCUT2D eigenvalue weighted by molar-refractivity contribution is 6.04. The molecule has 0 saturated heterocycles. The van der Waals surface area contributed by atoms with Crippen molar-refractivity contribution in [2.75, 3.05) is 11.1 Å². The van der Waals surface area contributed by atoms with Gasteiger partial charge in [0, 0.05) is 29.3 Å². The lowest BCUT2D eigenvalue weighted by molar-refractivity contribution is 0.102. The molecular weight excluding hydrogens is 264 g/mol. The Morgan fingerprint density at radius 3 is 2.71 bits per heavy atom. The first kappa shape index (κ1) is 12.9. The summed E-state index contributed by atoms with van der Waals surface area (Å²) in [6.07, 6.45) is 3.55. The first-order chi connectivity index (χ1) is 10.2. The molecule has 104 valence electrons. The number of nitrogens with two attached hydrogens (primary N) is 1. The van der Waals surface area contributed by atoms with Crippen LogP contribution >= 0.6 is 0 Å². The third kappa shape index (κ3) is 2.92. The highest BCUT2D eigenvalue weighted by Crippen LogP contribution is 2.15. The number of hydrogen-bond acceptors (Lipinski definition) is 3. The summed E-state index contributed by atoms with van der Waals surface area (Å²) in [7, 11) is 0. The third-order valence-corrected chi connectivity index (χ3v) is 3.02. The van der Waals surface area contributed by atoms with Gasteiger partial charge in [0.1, 0.15) is 0 Å². The summed E-state index contributed by atoms with van der Waals surface area (Å²) in [4.78, 5) is 12.2. The number of rotatable bonds is 3. The molecule has 3 N–H and O–H groups in total. The minimum absolute atomic E-state index is 0.195. The van der Waals surface area contributed by atoms with Gasteiger partial charge in [-0.2, -0.15) is 5.10 Å². The van der Waals surface area contributed by atoms with Gasteiger partial charge in [0.2, 0.25) is 0 Å². The molecule has 1 amide bonds. The van der Waals surface area contributed by atoms with E-state index in [4.69, 9.17) is 5.73 Å². The van der Waals surface area contributed by atoms with Gasteiger partial charge < -0.3 is 11.1 Å². The number of nitrogens with zero attached hydrogens (tertiary/aromatic N) is 2. The zero-order valence-electron chi connectivity index (χ0n) is 11.2. The molecule has 3 aromatic rings. The van der Waals surface area contributed by atoms with E-state index in [9.17, 15) is 4.79 Å². The summed E-state index contributed by atoms with van der Waals surface area (Å²) in [5.41, 5.74) is 8.36. The van der Waals surface area contributed by atoms with Crippen molar-refractivity contribution in [1.82, 2.24) is 9.78 Å². The lowest BCUT2D eigenvalue weighted by Crippen LogP contribution is -2.12. The molecule has 0 fully saturated rings. The Kier molecular flexibility index (Phi) is 3.39. The fourth-order valence-corrected chi connectivity index (χ4v) is 2.03. The van der Waals surface area contributed by atoms with Crippen LogP contribution in [0.1, 0.15) is 10.4 Å². The number of amides is 1. The minimum atomic E-state index is -0.195. The molecule has 1 heterocycles. The summed E-state index contributed by atoms with van der Waals surface area (Å²) >= 11 is 0. The van der Waals surface area contributed by atoms with Crippen molar-refractivity contribution in [1.29, 1.82) is 0 Å². The van der Waals surface area contributed by atoms with Crippen LogP contribution < -0.4 is 11.1 Å². The van der Waals surface area contributed by atoms with Crippen LogP contribution in [0.4, 0.5) is 11.4 Å². The number of carbonyl (C=O) groups excluding carboxylic acids is 1. The number of carbonyl (C=O) groups is 1. The molecule has 0 aliphatic heterocycles. The zero-order valence-corrected chi connectivity index (χ0v) is 11.2. The average Bonchev–Trinajstić information content (AvgIpc) is 3.02. The van der Waals surface area contributed by atoms with Gasteiger partial charge >= 0.3 is 0 Å². The molecule has 0 aliphatic carbocycles. The third-order valence-electron chi connectivity index (χ3n) is 3.02. The fourth-order valence-electron chi connectivity index (χ4n) is 2.03. The second-order valence-corrected chi connectivity index (χ2v) is 4.58. The SMILES string of the molecule is Nc1cccc(C(=O)Nc2cccc(-n3cccn3)c2)c1. The maximum absolute atomic E-state index is 12.2. The number of hydrogen-bond donors (Lipinski definition) is 2. The summed E-state index contributed by atoms with van der Waals surface area (Å²) < 4.78 is 1.73. The van der Waals surface area contributed by atoms with Crippen molar-refractivity contribution >= 4 is 17.3 Å². The summed E-state index contributed by atoms with van der Waals surface area (Å²) in [6, 6.07) is 16.2. The van der Waals surface area contributed by atoms with Gasteiger partial charge in [0.25, 0.3) is 5.91 Å². The van der Waals surface area contributed by atoms with E-state index in [-0.39, 0.29) is 5.91 Å². The Bertz CT molecular complexity index is 765. The van der Waals surface area contributed by atoms with E-state index in [2.05, 4.69) is 10.4 Å². The van der Waals surface area contributed by atoms with Crippen LogP contribution in [0, 0.1) is 0 Å². The van der Waals surface area contributed by atoms with E-state index in [1.54, 1.807) is 35.1 Å². The number of nitrogen functional groups attached to an aromatic ring is 1. The number of anilines is 2. The molecule has 0 bridgehead atoms. The standard InChI is InChI=1S/C16H14N4O/c17-13-5-1-4-12(10-13)16(21)19-14-6-2-7-15(11-14)20-9-3-8-18-20/h1-11H,17H2,(H,19,21). The van der Waals surface area contributed by atoms with E-state index >= 15 is 0 Å². The molecule has 0 aliphatic rings. The van der Waals surface area contributed by atoms with Gasteiger partial charge in [-0.25, -0.2) is 4.68 Å². The van der Waals surface area contributed by atoms with Gasteiger partial charge in [-0.3, -0.25) is 4.79 Å². The average molecular weight is 278 g/mol. The van der Waals surface area contributed by atoms with Gasteiger partial charge in [-0.15, -0.1) is 0 Å². The van der Waals surface area contributed by atoms with Crippen LogP contribution in [0.15, 0.2) is 67.0 Å². The van der Waals surface area contributed by atoms with Crippen molar-refractivity contribution in [2.24, 2.45) is 0 Å². The molecule has 3 rings (SSSR count). The summed E-state index contributed by atoms with van der Waals surface area (Å²) in [5, 5.41) is 7.02. The molecule has 0 saturated carbocycles. The molecule has 1 aromatic heterocycles. The van der Waals surface area contributed by atoms with E-state index in [1.165, 1.54) is 0 Å². The van der Waals surface area contributed by atoms with E-state index < -0.39 is 0 Å². The molecule has 0 unspecified atom stereocenters. The van der Waals surface area contributed by atoms with Crippen LogP contribution in [0.2, 0.25) is 0 Å². The van der Waals surface area contributed by atoms with Crippen LogP contribution in [-0.4, -0.2) is 15.7 Å². The van der Waals surface area contributed by atoms with Crippen LogP contribution in [0.3, 0.4) is 0 Å². The van der Waals surface area contributed by atoms with E-state index in [0.29, 0.717) is 16.9 Å². The fraction of sp³-hybridized carbons (Fsp3) is 0. The van der Waals surface area contributed by atoms with Crippen molar-refractivity contribution < 1.29 is 4.79 Å². The van der Waals surface area contributed by atoms with Gasteiger partial charge in [0.15, 0.2) is 0 Å². The van der Waals surface area contributed by atoms with Crippen LogP contribution in [0.25, 0.3) is 5.69 Å². The predicted octanol–water partition coefficient (Wildman–Crippen LogP) is 2.71. The molecule has 0 spiro atoms. The topological polar surface area (TPSA) is 72.9 Å². The minimum Gasteiger partial charge on any atom is -0.399 e. The quantitative estimate of drug-likeness (QED) is 0.723. The lowest BCUT2D eigenvalue weighted by atomic mass is 10.2. The lowest BCUT2D eigenvalue weighted by Gasteiger charge is -2.08. The van der Waals surface area contributed by atoms with Crippen molar-refractivity contribution in [3.05, 3.63) is 72.6 Å². The first-order valence-electron chi connectivity index (χ1n) is 6.49. The van der Waals surface area contributed by atoms with Gasteiger partial charge in [-0.1, -0.05) is 12.1 Å². The highest BCUT2D eigenvalue weighted by atomic mass is 16.1. The smallest absolute Gasteiger partial charge is 0.255 e. The highest BCUT2D eigenvalue weighted by Gasteiger charge is 2.07. The van der Waals surface area contributed by atoms with Crippen molar-refractivity contribution in [3.63, 3.8) is 0 Å². The molecule has 0 atom stereocenters. The van der Waals surface area contributed by atoms with E-state index in [1.807, 2.05) is 36.5 Å². The second kappa shape index (κ2) is 5.50. The number of aromatic nitrogens is 2. The summed E-state index contributed by atoms with van der Waals surface area (Å²) in [6.45, 7) is 0. The maximum atomic E-state index is 12.2. The second-order valence-electron chi connectivity index (χ2n) is 4.58. The number of benzene rings is 2. The largest absolute Gasteiger partial charge is 0.399 e. The Morgan fingerprint density at radius 2 is 1.95 bits per heavy atom. The Morgan fingerprint density at radius 1 is 1.10 bits per heavy atom. The monoisotopic (exact) mass is 278 g/mol. The normalized spacial score (nSPS) is 10.3.